The molecule has 2 N–H and O–H groups in total. The van der Waals surface area contributed by atoms with Crippen molar-refractivity contribution in [3.05, 3.63) is 34.3 Å². The molecule has 2 rings (SSSR count). The molecule has 2 nitrogen and oxygen atoms in total. The Hall–Kier alpha value is -0.0300. The predicted molar refractivity (Wildman–Crippen MR) is 88.6 cm³/mol. The van der Waals surface area contributed by atoms with Crippen molar-refractivity contribution in [1.29, 1.82) is 0 Å². The van der Waals surface area contributed by atoms with Gasteiger partial charge in [-0.1, -0.05) is 41.9 Å². The number of hydrogen-bond donors (Lipinski definition) is 1. The van der Waals surface area contributed by atoms with E-state index < -0.39 is 0 Å². The van der Waals surface area contributed by atoms with Gasteiger partial charge in [-0.2, -0.15) is 11.8 Å². The van der Waals surface area contributed by atoms with Gasteiger partial charge < -0.3 is 5.73 Å². The number of halogens is 1. The van der Waals surface area contributed by atoms with Crippen molar-refractivity contribution < 1.29 is 0 Å². The first-order valence-electron chi connectivity index (χ1n) is 6.88. The van der Waals surface area contributed by atoms with Gasteiger partial charge in [0, 0.05) is 40.1 Å². The van der Waals surface area contributed by atoms with E-state index in [4.69, 9.17) is 5.73 Å². The van der Waals surface area contributed by atoms with E-state index in [1.807, 2.05) is 0 Å². The summed E-state index contributed by atoms with van der Waals surface area (Å²) < 4.78 is 1.12. The largest absolute Gasteiger partial charge is 0.326 e. The van der Waals surface area contributed by atoms with Gasteiger partial charge in [0.05, 0.1) is 0 Å². The van der Waals surface area contributed by atoms with Gasteiger partial charge in [0.2, 0.25) is 0 Å². The summed E-state index contributed by atoms with van der Waals surface area (Å²) >= 11 is 5.58. The molecule has 1 aliphatic rings. The van der Waals surface area contributed by atoms with Crippen molar-refractivity contribution in [3.63, 3.8) is 0 Å². The van der Waals surface area contributed by atoms with Crippen LogP contribution in [0.2, 0.25) is 0 Å². The Morgan fingerprint density at radius 2 is 1.74 bits per heavy atom. The molecule has 0 bridgehead atoms. The van der Waals surface area contributed by atoms with Gasteiger partial charge in [0.15, 0.2) is 0 Å². The van der Waals surface area contributed by atoms with Crippen molar-refractivity contribution in [2.24, 2.45) is 5.73 Å². The maximum absolute atomic E-state index is 6.27. The first-order chi connectivity index (χ1) is 8.97. The van der Waals surface area contributed by atoms with Gasteiger partial charge in [0.25, 0.3) is 0 Å². The molecule has 0 saturated carbocycles. The van der Waals surface area contributed by atoms with Crippen molar-refractivity contribution in [2.45, 2.75) is 43.4 Å². The molecule has 4 heteroatoms. The molecule has 1 aromatic carbocycles. The van der Waals surface area contributed by atoms with E-state index >= 15 is 0 Å². The second-order valence-electron chi connectivity index (χ2n) is 5.57. The van der Waals surface area contributed by atoms with E-state index in [-0.39, 0.29) is 6.04 Å². The van der Waals surface area contributed by atoms with Crippen molar-refractivity contribution in [2.75, 3.05) is 13.1 Å². The third-order valence-electron chi connectivity index (χ3n) is 3.55. The summed E-state index contributed by atoms with van der Waals surface area (Å²) in [6, 6.07) is 9.05. The van der Waals surface area contributed by atoms with Crippen LogP contribution >= 0.6 is 27.7 Å². The van der Waals surface area contributed by atoms with Crippen molar-refractivity contribution in [3.8, 4) is 0 Å². The molecule has 0 radical (unpaired) electrons. The van der Waals surface area contributed by atoms with Crippen LogP contribution in [0, 0.1) is 0 Å². The second kappa shape index (κ2) is 6.61. The van der Waals surface area contributed by atoms with Crippen LogP contribution in [0.25, 0.3) is 0 Å². The van der Waals surface area contributed by atoms with Crippen molar-refractivity contribution in [1.82, 2.24) is 4.90 Å². The van der Waals surface area contributed by atoms with E-state index in [2.05, 4.69) is 77.6 Å². The van der Waals surface area contributed by atoms with Crippen LogP contribution in [0.4, 0.5) is 0 Å². The third kappa shape index (κ3) is 3.97. The quantitative estimate of drug-likeness (QED) is 0.908. The number of rotatable bonds is 3. The fraction of sp³-hybridized carbons (Fsp3) is 0.600. The molecule has 4 atom stereocenters. The molecule has 19 heavy (non-hydrogen) atoms. The highest BCUT2D eigenvalue weighted by molar-refractivity contribution is 9.10. The topological polar surface area (TPSA) is 29.3 Å². The third-order valence-corrected chi connectivity index (χ3v) is 5.31. The Kier molecular flexibility index (Phi) is 5.35. The Morgan fingerprint density at radius 1 is 1.21 bits per heavy atom. The smallest absolute Gasteiger partial charge is 0.0497 e. The minimum absolute atomic E-state index is 0.142. The summed E-state index contributed by atoms with van der Waals surface area (Å²) in [4.78, 5) is 2.56. The zero-order valence-corrected chi connectivity index (χ0v) is 14.2. The van der Waals surface area contributed by atoms with E-state index in [1.54, 1.807) is 0 Å². The molecule has 1 fully saturated rings. The SMILES string of the molecule is CC1CN(C(c2ccc(Br)cc2)C(C)N)CC(C)S1. The lowest BCUT2D eigenvalue weighted by Gasteiger charge is -2.41. The maximum Gasteiger partial charge on any atom is 0.0497 e. The van der Waals surface area contributed by atoms with Crippen LogP contribution in [0.5, 0.6) is 0 Å². The molecule has 0 aromatic heterocycles. The highest BCUT2D eigenvalue weighted by atomic mass is 79.9. The van der Waals surface area contributed by atoms with E-state index in [0.717, 1.165) is 17.6 Å². The van der Waals surface area contributed by atoms with Crippen LogP contribution in [0.3, 0.4) is 0 Å². The normalized spacial score (nSPS) is 28.1. The number of nitrogens with two attached hydrogens (primary N) is 1. The first kappa shape index (κ1) is 15.4. The molecular weight excluding hydrogens is 320 g/mol. The Labute approximate surface area is 129 Å². The molecule has 106 valence electrons. The number of hydrogen-bond acceptors (Lipinski definition) is 3. The minimum Gasteiger partial charge on any atom is -0.326 e. The average Bonchev–Trinajstić information content (AvgIpc) is 2.30. The molecule has 1 saturated heterocycles. The summed E-state index contributed by atoms with van der Waals surface area (Å²) in [6.07, 6.45) is 0. The number of nitrogens with zero attached hydrogens (tertiary/aromatic N) is 1. The van der Waals surface area contributed by atoms with E-state index in [1.165, 1.54) is 5.56 Å². The minimum atomic E-state index is 0.142. The zero-order valence-electron chi connectivity index (χ0n) is 11.8. The van der Waals surface area contributed by atoms with Crippen LogP contribution in [0.15, 0.2) is 28.7 Å². The molecule has 0 spiro atoms. The Balaban J connectivity index is 2.22. The Morgan fingerprint density at radius 3 is 2.21 bits per heavy atom. The van der Waals surface area contributed by atoms with E-state index in [0.29, 0.717) is 16.5 Å². The highest BCUT2D eigenvalue weighted by Gasteiger charge is 2.30. The standard InChI is InChI=1S/C15H23BrN2S/c1-10-8-18(9-11(2)19-10)15(12(3)17)13-4-6-14(16)7-5-13/h4-7,10-12,15H,8-9,17H2,1-3H3. The summed E-state index contributed by atoms with van der Waals surface area (Å²) in [5.74, 6) is 0. The van der Waals surface area contributed by atoms with Crippen LogP contribution in [-0.4, -0.2) is 34.5 Å². The summed E-state index contributed by atoms with van der Waals surface area (Å²) in [7, 11) is 0. The van der Waals surface area contributed by atoms with Crippen LogP contribution in [0.1, 0.15) is 32.4 Å². The maximum atomic E-state index is 6.27. The Bertz CT molecular complexity index is 397. The predicted octanol–water partition coefficient (Wildman–Crippen LogP) is 3.66. The molecule has 0 amide bonds. The summed E-state index contributed by atoms with van der Waals surface area (Å²) in [5, 5.41) is 1.36. The lowest BCUT2D eigenvalue weighted by Crippen LogP contribution is -2.47. The van der Waals surface area contributed by atoms with Gasteiger partial charge in [-0.05, 0) is 24.6 Å². The van der Waals surface area contributed by atoms with Gasteiger partial charge in [-0.3, -0.25) is 4.90 Å². The summed E-state index contributed by atoms with van der Waals surface area (Å²) in [6.45, 7) is 8.98. The fourth-order valence-electron chi connectivity index (χ4n) is 2.95. The highest BCUT2D eigenvalue weighted by Crippen LogP contribution is 2.32. The average molecular weight is 343 g/mol. The van der Waals surface area contributed by atoms with Crippen LogP contribution in [-0.2, 0) is 0 Å². The number of thioether (sulfide) groups is 1. The monoisotopic (exact) mass is 342 g/mol. The molecule has 0 aliphatic carbocycles. The zero-order chi connectivity index (χ0) is 14.0. The molecule has 1 heterocycles. The first-order valence-corrected chi connectivity index (χ1v) is 8.61. The number of benzene rings is 1. The molecule has 4 unspecified atom stereocenters. The van der Waals surface area contributed by atoms with E-state index in [9.17, 15) is 0 Å². The molecular formula is C15H23BrN2S. The fourth-order valence-corrected chi connectivity index (χ4v) is 4.56. The second-order valence-corrected chi connectivity index (χ2v) is 8.36. The van der Waals surface area contributed by atoms with Crippen LogP contribution < -0.4 is 5.73 Å². The molecule has 1 aromatic rings. The summed E-state index contributed by atoms with van der Waals surface area (Å²) in [5.41, 5.74) is 7.59. The van der Waals surface area contributed by atoms with Gasteiger partial charge in [-0.25, -0.2) is 0 Å². The van der Waals surface area contributed by atoms with Gasteiger partial charge in [-0.15, -0.1) is 0 Å². The van der Waals surface area contributed by atoms with Gasteiger partial charge in [0.1, 0.15) is 0 Å². The lowest BCUT2D eigenvalue weighted by molar-refractivity contribution is 0.174. The van der Waals surface area contributed by atoms with Crippen molar-refractivity contribution >= 4 is 27.7 Å². The lowest BCUT2D eigenvalue weighted by atomic mass is 9.98. The molecule has 1 aliphatic heterocycles. The van der Waals surface area contributed by atoms with Gasteiger partial charge >= 0.3 is 0 Å².